The monoisotopic (exact) mass is 251 g/mol. The molecule has 1 amide bonds. The van der Waals surface area contributed by atoms with Gasteiger partial charge in [0, 0.05) is 0 Å². The first-order valence-electron chi connectivity index (χ1n) is 4.92. The van der Waals surface area contributed by atoms with E-state index in [4.69, 9.17) is 21.8 Å². The Labute approximate surface area is 103 Å². The highest BCUT2D eigenvalue weighted by Crippen LogP contribution is 2.12. The number of aromatic nitrogens is 1. The number of nitrogens with zero attached hydrogens (tertiary/aromatic N) is 1. The fourth-order valence-electron chi connectivity index (χ4n) is 1.27. The van der Waals surface area contributed by atoms with Crippen LogP contribution in [0.1, 0.15) is 16.3 Å². The molecule has 2 heterocycles. The smallest absolute Gasteiger partial charge is 0.292 e. The number of carbonyl (C=O) groups is 1. The lowest BCUT2D eigenvalue weighted by Crippen LogP contribution is -2.12. The SMILES string of the molecule is NCc1ccc(C(=O)Nc2cccc(Cl)n2)o1. The summed E-state index contributed by atoms with van der Waals surface area (Å²) < 4.78 is 5.20. The van der Waals surface area contributed by atoms with Crippen LogP contribution in [0.4, 0.5) is 5.82 Å². The molecule has 0 saturated heterocycles. The topological polar surface area (TPSA) is 81.2 Å². The lowest BCUT2D eigenvalue weighted by atomic mass is 10.4. The van der Waals surface area contributed by atoms with E-state index in [2.05, 4.69) is 10.3 Å². The second-order valence-electron chi connectivity index (χ2n) is 3.27. The van der Waals surface area contributed by atoms with E-state index in [0.29, 0.717) is 16.7 Å². The molecule has 0 spiro atoms. The van der Waals surface area contributed by atoms with Gasteiger partial charge in [0.2, 0.25) is 0 Å². The third kappa shape index (κ3) is 2.83. The first-order chi connectivity index (χ1) is 8.19. The fourth-order valence-corrected chi connectivity index (χ4v) is 1.43. The van der Waals surface area contributed by atoms with Gasteiger partial charge >= 0.3 is 0 Å². The Morgan fingerprint density at radius 2 is 2.24 bits per heavy atom. The number of hydrogen-bond acceptors (Lipinski definition) is 4. The molecule has 0 aliphatic heterocycles. The van der Waals surface area contributed by atoms with Crippen molar-refractivity contribution in [2.24, 2.45) is 5.73 Å². The van der Waals surface area contributed by atoms with Crippen LogP contribution in [0.15, 0.2) is 34.7 Å². The van der Waals surface area contributed by atoms with E-state index >= 15 is 0 Å². The van der Waals surface area contributed by atoms with E-state index in [1.54, 1.807) is 30.3 Å². The Morgan fingerprint density at radius 1 is 1.41 bits per heavy atom. The van der Waals surface area contributed by atoms with E-state index in [1.165, 1.54) is 0 Å². The predicted molar refractivity (Wildman–Crippen MR) is 63.8 cm³/mol. The van der Waals surface area contributed by atoms with Gasteiger partial charge < -0.3 is 15.5 Å². The summed E-state index contributed by atoms with van der Waals surface area (Å²) in [7, 11) is 0. The van der Waals surface area contributed by atoms with Crippen LogP contribution in [0.3, 0.4) is 0 Å². The normalized spacial score (nSPS) is 10.2. The van der Waals surface area contributed by atoms with Gasteiger partial charge in [0.15, 0.2) is 5.76 Å². The molecule has 0 aromatic carbocycles. The third-order valence-electron chi connectivity index (χ3n) is 2.04. The summed E-state index contributed by atoms with van der Waals surface area (Å²) in [6, 6.07) is 8.16. The zero-order valence-electron chi connectivity index (χ0n) is 8.81. The molecule has 0 aliphatic carbocycles. The first-order valence-corrected chi connectivity index (χ1v) is 5.29. The molecule has 17 heavy (non-hydrogen) atoms. The van der Waals surface area contributed by atoms with Gasteiger partial charge in [-0.3, -0.25) is 4.79 Å². The van der Waals surface area contributed by atoms with Gasteiger partial charge in [-0.2, -0.15) is 0 Å². The summed E-state index contributed by atoms with van der Waals surface area (Å²) in [6.07, 6.45) is 0. The average molecular weight is 252 g/mol. The van der Waals surface area contributed by atoms with Gasteiger partial charge in [-0.25, -0.2) is 4.98 Å². The second-order valence-corrected chi connectivity index (χ2v) is 3.66. The molecule has 2 aromatic rings. The number of nitrogens with two attached hydrogens (primary N) is 1. The minimum absolute atomic E-state index is 0.187. The number of halogens is 1. The summed E-state index contributed by atoms with van der Waals surface area (Å²) in [5.41, 5.74) is 5.38. The number of furan rings is 1. The zero-order chi connectivity index (χ0) is 12.3. The van der Waals surface area contributed by atoms with Crippen molar-refractivity contribution in [3.63, 3.8) is 0 Å². The lowest BCUT2D eigenvalue weighted by molar-refractivity contribution is 0.0994. The van der Waals surface area contributed by atoms with Gasteiger partial charge in [0.1, 0.15) is 16.7 Å². The molecule has 2 aromatic heterocycles. The molecule has 0 atom stereocenters. The third-order valence-corrected chi connectivity index (χ3v) is 2.25. The lowest BCUT2D eigenvalue weighted by Gasteiger charge is -2.01. The maximum absolute atomic E-state index is 11.7. The molecule has 0 bridgehead atoms. The summed E-state index contributed by atoms with van der Waals surface area (Å²) in [5.74, 6) is 0.717. The second kappa shape index (κ2) is 4.99. The van der Waals surface area contributed by atoms with Crippen molar-refractivity contribution in [2.45, 2.75) is 6.54 Å². The summed E-state index contributed by atoms with van der Waals surface area (Å²) >= 11 is 5.70. The van der Waals surface area contributed by atoms with Crippen LogP contribution < -0.4 is 11.1 Å². The van der Waals surface area contributed by atoms with Gasteiger partial charge in [0.25, 0.3) is 5.91 Å². The molecule has 88 valence electrons. The quantitative estimate of drug-likeness (QED) is 0.818. The van der Waals surface area contributed by atoms with Crippen LogP contribution in [0, 0.1) is 0 Å². The predicted octanol–water partition coefficient (Wildman–Crippen LogP) is 2.04. The Kier molecular flexibility index (Phi) is 3.41. The Morgan fingerprint density at radius 3 is 2.88 bits per heavy atom. The van der Waals surface area contributed by atoms with Crippen molar-refractivity contribution in [1.82, 2.24) is 4.98 Å². The zero-order valence-corrected chi connectivity index (χ0v) is 9.57. The van der Waals surface area contributed by atoms with E-state index in [1.807, 2.05) is 0 Å². The number of hydrogen-bond donors (Lipinski definition) is 2. The van der Waals surface area contributed by atoms with Crippen LogP contribution in [0.2, 0.25) is 5.15 Å². The largest absolute Gasteiger partial charge is 0.455 e. The van der Waals surface area contributed by atoms with Gasteiger partial charge in [0.05, 0.1) is 6.54 Å². The molecular weight excluding hydrogens is 242 g/mol. The maximum atomic E-state index is 11.7. The molecule has 3 N–H and O–H groups in total. The highest BCUT2D eigenvalue weighted by molar-refractivity contribution is 6.29. The summed E-state index contributed by atoms with van der Waals surface area (Å²) in [4.78, 5) is 15.7. The molecule has 0 radical (unpaired) electrons. The Balaban J connectivity index is 2.11. The molecular formula is C11H10ClN3O2. The van der Waals surface area contributed by atoms with Crippen LogP contribution >= 0.6 is 11.6 Å². The van der Waals surface area contributed by atoms with Gasteiger partial charge in [-0.15, -0.1) is 0 Å². The van der Waals surface area contributed by atoms with Gasteiger partial charge in [-0.1, -0.05) is 17.7 Å². The molecule has 2 rings (SSSR count). The van der Waals surface area contributed by atoms with Crippen molar-refractivity contribution in [2.75, 3.05) is 5.32 Å². The molecule has 0 saturated carbocycles. The number of pyridine rings is 1. The molecule has 0 aliphatic rings. The van der Waals surface area contributed by atoms with Crippen molar-refractivity contribution >= 4 is 23.3 Å². The number of rotatable bonds is 3. The summed E-state index contributed by atoms with van der Waals surface area (Å²) in [5, 5.41) is 2.88. The molecule has 5 nitrogen and oxygen atoms in total. The minimum Gasteiger partial charge on any atom is -0.455 e. The van der Waals surface area contributed by atoms with Crippen LogP contribution in [-0.2, 0) is 6.54 Å². The van der Waals surface area contributed by atoms with Crippen molar-refractivity contribution in [1.29, 1.82) is 0 Å². The van der Waals surface area contributed by atoms with Crippen LogP contribution in [0.5, 0.6) is 0 Å². The van der Waals surface area contributed by atoms with E-state index in [-0.39, 0.29) is 18.2 Å². The average Bonchev–Trinajstić information content (AvgIpc) is 2.77. The molecule has 6 heteroatoms. The van der Waals surface area contributed by atoms with Crippen molar-refractivity contribution in [3.8, 4) is 0 Å². The Hall–Kier alpha value is -1.85. The van der Waals surface area contributed by atoms with Crippen LogP contribution in [-0.4, -0.2) is 10.9 Å². The highest BCUT2D eigenvalue weighted by atomic mass is 35.5. The number of amides is 1. The van der Waals surface area contributed by atoms with E-state index in [0.717, 1.165) is 0 Å². The first kappa shape index (κ1) is 11.6. The number of carbonyl (C=O) groups excluding carboxylic acids is 1. The van der Waals surface area contributed by atoms with E-state index < -0.39 is 0 Å². The molecule has 0 unspecified atom stereocenters. The molecule has 0 fully saturated rings. The Bertz CT molecular complexity index is 539. The fraction of sp³-hybridized carbons (Fsp3) is 0.0909. The number of nitrogens with one attached hydrogen (secondary N) is 1. The summed E-state index contributed by atoms with van der Waals surface area (Å²) in [6.45, 7) is 0.253. The van der Waals surface area contributed by atoms with Gasteiger partial charge in [-0.05, 0) is 24.3 Å². The van der Waals surface area contributed by atoms with Crippen LogP contribution in [0.25, 0.3) is 0 Å². The van der Waals surface area contributed by atoms with E-state index in [9.17, 15) is 4.79 Å². The van der Waals surface area contributed by atoms with Crippen molar-refractivity contribution in [3.05, 3.63) is 47.0 Å². The number of anilines is 1. The van der Waals surface area contributed by atoms with Crippen molar-refractivity contribution < 1.29 is 9.21 Å². The minimum atomic E-state index is -0.389. The maximum Gasteiger partial charge on any atom is 0.292 e. The standard InChI is InChI=1S/C11H10ClN3O2/c12-9-2-1-3-10(14-9)15-11(16)8-5-4-7(6-13)17-8/h1-5H,6,13H2,(H,14,15,16). The highest BCUT2D eigenvalue weighted by Gasteiger charge is 2.11.